The number of alkyl halides is 1. The van der Waals surface area contributed by atoms with Gasteiger partial charge in [0.1, 0.15) is 4.83 Å². The summed E-state index contributed by atoms with van der Waals surface area (Å²) < 4.78 is 4.60. The number of hydrogen-bond donors (Lipinski definition) is 1. The molecule has 0 spiro atoms. The first kappa shape index (κ1) is 15.8. The Morgan fingerprint density at radius 2 is 2.22 bits per heavy atom. The van der Waals surface area contributed by atoms with E-state index in [1.165, 1.54) is 7.11 Å². The van der Waals surface area contributed by atoms with Crippen molar-refractivity contribution in [1.82, 2.24) is 5.32 Å². The van der Waals surface area contributed by atoms with Crippen molar-refractivity contribution in [3.8, 4) is 0 Å². The molecule has 0 aliphatic carbocycles. The average molecular weight is 355 g/mol. The van der Waals surface area contributed by atoms with Gasteiger partial charge in [0.15, 0.2) is 0 Å². The number of methoxy groups -OCH3 is 1. The van der Waals surface area contributed by atoms with Gasteiger partial charge >= 0.3 is 5.97 Å². The van der Waals surface area contributed by atoms with E-state index in [0.717, 1.165) is 18.5 Å². The number of halogens is 3. The van der Waals surface area contributed by atoms with Gasteiger partial charge in [-0.3, -0.25) is 4.79 Å². The van der Waals surface area contributed by atoms with E-state index in [1.54, 1.807) is 6.07 Å². The monoisotopic (exact) mass is 353 g/mol. The summed E-state index contributed by atoms with van der Waals surface area (Å²) >= 11 is 15.1. The van der Waals surface area contributed by atoms with Gasteiger partial charge in [0.05, 0.1) is 7.11 Å². The third-order valence-corrected chi connectivity index (χ3v) is 3.65. The summed E-state index contributed by atoms with van der Waals surface area (Å²) in [5.41, 5.74) is 1.03. The molecule has 1 aromatic carbocycles. The van der Waals surface area contributed by atoms with Gasteiger partial charge in [-0.25, -0.2) is 0 Å². The average Bonchev–Trinajstić information content (AvgIpc) is 2.35. The van der Waals surface area contributed by atoms with Crippen LogP contribution >= 0.6 is 39.1 Å². The van der Waals surface area contributed by atoms with Crippen LogP contribution in [0.5, 0.6) is 0 Å². The predicted molar refractivity (Wildman–Crippen MR) is 77.8 cm³/mol. The first-order valence-corrected chi connectivity index (χ1v) is 7.08. The molecule has 0 amide bonds. The number of esters is 1. The molecule has 100 valence electrons. The second-order valence-electron chi connectivity index (χ2n) is 3.68. The van der Waals surface area contributed by atoms with Gasteiger partial charge in [-0.1, -0.05) is 45.2 Å². The second-order valence-corrected chi connectivity index (χ2v) is 5.63. The van der Waals surface area contributed by atoms with E-state index in [9.17, 15) is 4.79 Å². The van der Waals surface area contributed by atoms with Crippen molar-refractivity contribution in [3.05, 3.63) is 33.8 Å². The molecule has 1 N–H and O–H groups in total. The molecule has 3 nitrogen and oxygen atoms in total. The van der Waals surface area contributed by atoms with Crippen LogP contribution in [0.15, 0.2) is 18.2 Å². The fourth-order valence-corrected chi connectivity index (χ4v) is 2.31. The molecule has 0 radical (unpaired) electrons. The summed E-state index contributed by atoms with van der Waals surface area (Å²) in [6, 6.07) is 5.43. The summed E-state index contributed by atoms with van der Waals surface area (Å²) in [6.07, 6.45) is 0.775. The number of hydrogen-bond acceptors (Lipinski definition) is 3. The maximum atomic E-state index is 11.1. The summed E-state index contributed by atoms with van der Waals surface area (Å²) in [4.78, 5) is 10.8. The van der Waals surface area contributed by atoms with Gasteiger partial charge in [-0.05, 0) is 30.7 Å². The topological polar surface area (TPSA) is 38.3 Å². The lowest BCUT2D eigenvalue weighted by Crippen LogP contribution is -2.30. The van der Waals surface area contributed by atoms with Crippen molar-refractivity contribution in [2.24, 2.45) is 0 Å². The van der Waals surface area contributed by atoms with Crippen molar-refractivity contribution in [2.45, 2.75) is 11.2 Å². The Balaban J connectivity index is 2.32. The van der Waals surface area contributed by atoms with Gasteiger partial charge in [0.2, 0.25) is 0 Å². The van der Waals surface area contributed by atoms with Crippen molar-refractivity contribution >= 4 is 45.1 Å². The number of carbonyl (C=O) groups is 1. The lowest BCUT2D eigenvalue weighted by molar-refractivity contribution is -0.139. The minimum Gasteiger partial charge on any atom is -0.468 e. The third-order valence-electron chi connectivity index (χ3n) is 2.37. The van der Waals surface area contributed by atoms with E-state index in [-0.39, 0.29) is 10.8 Å². The first-order chi connectivity index (χ1) is 8.54. The SMILES string of the molecule is COC(=O)C(Br)CNCCc1ccc(Cl)cc1Cl. The Bertz CT molecular complexity index is 415. The molecular formula is C12H14BrCl2NO2. The highest BCUT2D eigenvalue weighted by atomic mass is 79.9. The smallest absolute Gasteiger partial charge is 0.320 e. The van der Waals surface area contributed by atoms with E-state index in [1.807, 2.05) is 12.1 Å². The van der Waals surface area contributed by atoms with Crippen LogP contribution in [-0.4, -0.2) is 31.0 Å². The minimum atomic E-state index is -0.330. The van der Waals surface area contributed by atoms with Crippen LogP contribution in [0.1, 0.15) is 5.56 Å². The van der Waals surface area contributed by atoms with Crippen LogP contribution in [0, 0.1) is 0 Å². The molecule has 18 heavy (non-hydrogen) atoms. The zero-order chi connectivity index (χ0) is 13.5. The molecular weight excluding hydrogens is 341 g/mol. The van der Waals surface area contributed by atoms with Crippen LogP contribution in [0.4, 0.5) is 0 Å². The van der Waals surface area contributed by atoms with Crippen LogP contribution in [0.25, 0.3) is 0 Å². The highest BCUT2D eigenvalue weighted by Crippen LogP contribution is 2.21. The molecule has 6 heteroatoms. The van der Waals surface area contributed by atoms with Crippen molar-refractivity contribution in [2.75, 3.05) is 20.2 Å². The molecule has 0 aromatic heterocycles. The second kappa shape index (κ2) is 8.00. The zero-order valence-electron chi connectivity index (χ0n) is 9.88. The number of rotatable bonds is 6. The number of benzene rings is 1. The Morgan fingerprint density at radius 1 is 1.50 bits per heavy atom. The summed E-state index contributed by atoms with van der Waals surface area (Å²) in [5.74, 6) is -0.285. The van der Waals surface area contributed by atoms with Gasteiger partial charge < -0.3 is 10.1 Å². The van der Waals surface area contributed by atoms with Crippen LogP contribution < -0.4 is 5.32 Å². The maximum absolute atomic E-state index is 11.1. The number of nitrogens with one attached hydrogen (secondary N) is 1. The molecule has 0 heterocycles. The summed E-state index contributed by atoms with van der Waals surface area (Å²) in [6.45, 7) is 1.23. The Kier molecular flexibility index (Phi) is 7.00. The van der Waals surface area contributed by atoms with E-state index < -0.39 is 0 Å². The molecule has 1 atom stereocenters. The van der Waals surface area contributed by atoms with Crippen LogP contribution in [-0.2, 0) is 16.0 Å². The van der Waals surface area contributed by atoms with E-state index >= 15 is 0 Å². The molecule has 1 rings (SSSR count). The Hall–Kier alpha value is -0.290. The zero-order valence-corrected chi connectivity index (χ0v) is 13.0. The molecule has 0 bridgehead atoms. The van der Waals surface area contributed by atoms with Gasteiger partial charge in [-0.15, -0.1) is 0 Å². The van der Waals surface area contributed by atoms with Crippen molar-refractivity contribution in [1.29, 1.82) is 0 Å². The maximum Gasteiger partial charge on any atom is 0.320 e. The summed E-state index contributed by atoms with van der Waals surface area (Å²) in [5, 5.41) is 4.44. The molecule has 0 aliphatic rings. The van der Waals surface area contributed by atoms with Crippen molar-refractivity contribution in [3.63, 3.8) is 0 Å². The standard InChI is InChI=1S/C12H14BrCl2NO2/c1-18-12(17)10(13)7-16-5-4-8-2-3-9(14)6-11(8)15/h2-3,6,10,16H,4-5,7H2,1H3. The molecule has 0 saturated carbocycles. The normalized spacial score (nSPS) is 12.2. The van der Waals surface area contributed by atoms with Gasteiger partial charge in [-0.2, -0.15) is 0 Å². The summed E-state index contributed by atoms with van der Waals surface area (Å²) in [7, 11) is 1.37. The van der Waals surface area contributed by atoms with Crippen LogP contribution in [0.2, 0.25) is 10.0 Å². The minimum absolute atomic E-state index is 0.285. The molecule has 1 aromatic rings. The lowest BCUT2D eigenvalue weighted by atomic mass is 10.1. The molecule has 0 saturated heterocycles. The van der Waals surface area contributed by atoms with Gasteiger partial charge in [0.25, 0.3) is 0 Å². The van der Waals surface area contributed by atoms with Gasteiger partial charge in [0, 0.05) is 16.6 Å². The van der Waals surface area contributed by atoms with Crippen LogP contribution in [0.3, 0.4) is 0 Å². The largest absolute Gasteiger partial charge is 0.468 e. The molecule has 0 fully saturated rings. The molecule has 1 unspecified atom stereocenters. The van der Waals surface area contributed by atoms with E-state index in [0.29, 0.717) is 16.6 Å². The van der Waals surface area contributed by atoms with E-state index in [2.05, 4.69) is 26.0 Å². The highest BCUT2D eigenvalue weighted by Gasteiger charge is 2.13. The number of carbonyl (C=O) groups excluding carboxylic acids is 1. The number of ether oxygens (including phenoxy) is 1. The molecule has 0 aliphatic heterocycles. The predicted octanol–water partition coefficient (Wildman–Crippen LogP) is 3.06. The van der Waals surface area contributed by atoms with E-state index in [4.69, 9.17) is 23.2 Å². The fourth-order valence-electron chi connectivity index (χ4n) is 1.39. The van der Waals surface area contributed by atoms with Crippen molar-refractivity contribution < 1.29 is 9.53 Å². The fraction of sp³-hybridized carbons (Fsp3) is 0.417. The lowest BCUT2D eigenvalue weighted by Gasteiger charge is -2.09. The quantitative estimate of drug-likeness (QED) is 0.484. The highest BCUT2D eigenvalue weighted by molar-refractivity contribution is 9.10. The Labute approximate surface area is 125 Å². The third kappa shape index (κ3) is 5.14. The Morgan fingerprint density at radius 3 is 2.83 bits per heavy atom. The first-order valence-electron chi connectivity index (χ1n) is 5.41.